The van der Waals surface area contributed by atoms with E-state index in [1.165, 1.54) is 5.56 Å². The molecule has 1 heterocycles. The van der Waals surface area contributed by atoms with Gasteiger partial charge in [-0.3, -0.25) is 4.98 Å². The summed E-state index contributed by atoms with van der Waals surface area (Å²) in [6.07, 6.45) is 3.57. The molecule has 0 spiro atoms. The fourth-order valence-corrected chi connectivity index (χ4v) is 2.36. The molecule has 0 aliphatic heterocycles. The summed E-state index contributed by atoms with van der Waals surface area (Å²) >= 11 is 5.92. The van der Waals surface area contributed by atoms with Crippen molar-refractivity contribution >= 4 is 17.4 Å². The standard InChI is InChI=1S/C18H16ClN3/c1-22(13-14-7-9-16(19)10-8-14)18-12-20-11-17(21-18)15-5-3-2-4-6-15/h2-12H,13H2,1H3. The number of halogens is 1. The first-order valence-corrected chi connectivity index (χ1v) is 7.43. The first-order valence-electron chi connectivity index (χ1n) is 7.05. The Bertz CT molecular complexity index is 742. The summed E-state index contributed by atoms with van der Waals surface area (Å²) in [5, 5.41) is 0.747. The summed E-state index contributed by atoms with van der Waals surface area (Å²) in [6, 6.07) is 17.9. The van der Waals surface area contributed by atoms with Crippen molar-refractivity contribution < 1.29 is 0 Å². The van der Waals surface area contributed by atoms with E-state index < -0.39 is 0 Å². The predicted molar refractivity (Wildman–Crippen MR) is 91.0 cm³/mol. The highest BCUT2D eigenvalue weighted by molar-refractivity contribution is 6.30. The predicted octanol–water partition coefficient (Wildman–Crippen LogP) is 4.43. The average Bonchev–Trinajstić information content (AvgIpc) is 2.58. The van der Waals surface area contributed by atoms with E-state index in [1.807, 2.05) is 61.6 Å². The van der Waals surface area contributed by atoms with Crippen molar-refractivity contribution in [2.45, 2.75) is 6.54 Å². The summed E-state index contributed by atoms with van der Waals surface area (Å²) in [4.78, 5) is 11.1. The van der Waals surface area contributed by atoms with Crippen molar-refractivity contribution in [1.82, 2.24) is 9.97 Å². The minimum atomic E-state index is 0.747. The zero-order chi connectivity index (χ0) is 15.4. The van der Waals surface area contributed by atoms with Gasteiger partial charge in [-0.2, -0.15) is 0 Å². The minimum Gasteiger partial charge on any atom is -0.354 e. The number of hydrogen-bond donors (Lipinski definition) is 0. The van der Waals surface area contributed by atoms with Crippen molar-refractivity contribution in [1.29, 1.82) is 0 Å². The van der Waals surface area contributed by atoms with E-state index in [9.17, 15) is 0 Å². The highest BCUT2D eigenvalue weighted by Crippen LogP contribution is 2.20. The van der Waals surface area contributed by atoms with Crippen LogP contribution in [0.15, 0.2) is 67.0 Å². The van der Waals surface area contributed by atoms with Gasteiger partial charge in [0, 0.05) is 24.2 Å². The fraction of sp³-hybridized carbons (Fsp3) is 0.111. The van der Waals surface area contributed by atoms with E-state index in [0.717, 1.165) is 28.6 Å². The van der Waals surface area contributed by atoms with E-state index in [1.54, 1.807) is 12.4 Å². The molecule has 0 fully saturated rings. The zero-order valence-corrected chi connectivity index (χ0v) is 13.0. The summed E-state index contributed by atoms with van der Waals surface area (Å²) < 4.78 is 0. The summed E-state index contributed by atoms with van der Waals surface area (Å²) in [7, 11) is 2.01. The summed E-state index contributed by atoms with van der Waals surface area (Å²) in [6.45, 7) is 0.754. The van der Waals surface area contributed by atoms with Crippen LogP contribution in [0.1, 0.15) is 5.56 Å². The van der Waals surface area contributed by atoms with Gasteiger partial charge in [0.25, 0.3) is 0 Å². The zero-order valence-electron chi connectivity index (χ0n) is 12.3. The lowest BCUT2D eigenvalue weighted by atomic mass is 10.2. The van der Waals surface area contributed by atoms with Gasteiger partial charge in [-0.1, -0.05) is 54.1 Å². The molecular weight excluding hydrogens is 294 g/mol. The van der Waals surface area contributed by atoms with Crippen LogP contribution >= 0.6 is 11.6 Å². The quantitative estimate of drug-likeness (QED) is 0.713. The Hall–Kier alpha value is -2.39. The average molecular weight is 310 g/mol. The molecule has 0 saturated carbocycles. The van der Waals surface area contributed by atoms with Crippen molar-refractivity contribution in [2.24, 2.45) is 0 Å². The lowest BCUT2D eigenvalue weighted by Crippen LogP contribution is -2.18. The highest BCUT2D eigenvalue weighted by Gasteiger charge is 2.07. The maximum absolute atomic E-state index is 5.92. The minimum absolute atomic E-state index is 0.747. The lowest BCUT2D eigenvalue weighted by molar-refractivity contribution is 0.891. The topological polar surface area (TPSA) is 29.0 Å². The van der Waals surface area contributed by atoms with Crippen LogP contribution in [0.25, 0.3) is 11.3 Å². The van der Waals surface area contributed by atoms with Crippen molar-refractivity contribution in [2.75, 3.05) is 11.9 Å². The van der Waals surface area contributed by atoms with Crippen LogP contribution in [-0.2, 0) is 6.54 Å². The third-order valence-corrected chi connectivity index (χ3v) is 3.67. The van der Waals surface area contributed by atoms with E-state index in [-0.39, 0.29) is 0 Å². The Morgan fingerprint density at radius 1 is 0.955 bits per heavy atom. The molecule has 1 aromatic heterocycles. The van der Waals surface area contributed by atoms with Crippen LogP contribution in [0.2, 0.25) is 5.02 Å². The Balaban J connectivity index is 1.81. The van der Waals surface area contributed by atoms with Gasteiger partial charge in [0.15, 0.2) is 0 Å². The van der Waals surface area contributed by atoms with Crippen molar-refractivity contribution in [3.63, 3.8) is 0 Å². The molecule has 0 amide bonds. The molecule has 0 bridgehead atoms. The molecule has 0 aliphatic rings. The SMILES string of the molecule is CN(Cc1ccc(Cl)cc1)c1cncc(-c2ccccc2)n1. The van der Waals surface area contributed by atoms with Crippen LogP contribution in [0.4, 0.5) is 5.82 Å². The normalized spacial score (nSPS) is 10.5. The largest absolute Gasteiger partial charge is 0.354 e. The van der Waals surface area contributed by atoms with Crippen LogP contribution in [0, 0.1) is 0 Å². The Labute approximate surface area is 135 Å². The maximum atomic E-state index is 5.92. The number of aromatic nitrogens is 2. The molecule has 22 heavy (non-hydrogen) atoms. The smallest absolute Gasteiger partial charge is 0.147 e. The monoisotopic (exact) mass is 309 g/mol. The molecule has 0 N–H and O–H groups in total. The van der Waals surface area contributed by atoms with Gasteiger partial charge < -0.3 is 4.90 Å². The van der Waals surface area contributed by atoms with Crippen molar-refractivity contribution in [3.8, 4) is 11.3 Å². The molecule has 4 heteroatoms. The lowest BCUT2D eigenvalue weighted by Gasteiger charge is -2.18. The molecular formula is C18H16ClN3. The van der Waals surface area contributed by atoms with Gasteiger partial charge in [-0.25, -0.2) is 4.98 Å². The third-order valence-electron chi connectivity index (χ3n) is 3.42. The van der Waals surface area contributed by atoms with E-state index in [0.29, 0.717) is 0 Å². The summed E-state index contributed by atoms with van der Waals surface area (Å²) in [5.41, 5.74) is 3.12. The van der Waals surface area contributed by atoms with Crippen LogP contribution < -0.4 is 4.90 Å². The van der Waals surface area contributed by atoms with Gasteiger partial charge in [-0.15, -0.1) is 0 Å². The molecule has 3 nitrogen and oxygen atoms in total. The molecule has 3 rings (SSSR count). The first kappa shape index (κ1) is 14.5. The molecule has 0 saturated heterocycles. The van der Waals surface area contributed by atoms with E-state index in [2.05, 4.69) is 9.88 Å². The van der Waals surface area contributed by atoms with Gasteiger partial charge in [0.1, 0.15) is 5.82 Å². The maximum Gasteiger partial charge on any atom is 0.147 e. The van der Waals surface area contributed by atoms with Gasteiger partial charge in [0.2, 0.25) is 0 Å². The second-order valence-electron chi connectivity index (χ2n) is 5.11. The Morgan fingerprint density at radius 2 is 1.68 bits per heavy atom. The highest BCUT2D eigenvalue weighted by atomic mass is 35.5. The van der Waals surface area contributed by atoms with Crippen molar-refractivity contribution in [3.05, 3.63) is 77.6 Å². The number of benzene rings is 2. The Kier molecular flexibility index (Phi) is 4.35. The van der Waals surface area contributed by atoms with Crippen LogP contribution in [0.3, 0.4) is 0 Å². The molecule has 3 aromatic rings. The first-order chi connectivity index (χ1) is 10.7. The van der Waals surface area contributed by atoms with Gasteiger partial charge in [-0.05, 0) is 17.7 Å². The van der Waals surface area contributed by atoms with E-state index >= 15 is 0 Å². The molecule has 110 valence electrons. The third kappa shape index (κ3) is 3.43. The molecule has 0 aliphatic carbocycles. The second kappa shape index (κ2) is 6.58. The summed E-state index contributed by atoms with van der Waals surface area (Å²) in [5.74, 6) is 0.844. The van der Waals surface area contributed by atoms with Gasteiger partial charge in [0.05, 0.1) is 18.1 Å². The van der Waals surface area contributed by atoms with Crippen LogP contribution in [-0.4, -0.2) is 17.0 Å². The Morgan fingerprint density at radius 3 is 2.41 bits per heavy atom. The van der Waals surface area contributed by atoms with Crippen LogP contribution in [0.5, 0.6) is 0 Å². The fourth-order valence-electron chi connectivity index (χ4n) is 2.23. The van der Waals surface area contributed by atoms with E-state index in [4.69, 9.17) is 16.6 Å². The number of nitrogens with zero attached hydrogens (tertiary/aromatic N) is 3. The molecule has 0 radical (unpaired) electrons. The number of hydrogen-bond acceptors (Lipinski definition) is 3. The second-order valence-corrected chi connectivity index (χ2v) is 5.55. The van der Waals surface area contributed by atoms with Gasteiger partial charge >= 0.3 is 0 Å². The number of rotatable bonds is 4. The molecule has 0 atom stereocenters. The number of anilines is 1. The molecule has 2 aromatic carbocycles. The molecule has 0 unspecified atom stereocenters.